The maximum Gasteiger partial charge on any atom is 0.0389 e. The van der Waals surface area contributed by atoms with Crippen LogP contribution in [0.4, 0.5) is 11.4 Å². The van der Waals surface area contributed by atoms with Crippen LogP contribution in [0.2, 0.25) is 0 Å². The first kappa shape index (κ1) is 12.2. The maximum absolute atomic E-state index is 5.91. The normalized spacial score (nSPS) is 18.3. The lowest BCUT2D eigenvalue weighted by molar-refractivity contribution is 0.253. The Morgan fingerprint density at radius 2 is 1.88 bits per heavy atom. The largest absolute Gasteiger partial charge is 0.399 e. The van der Waals surface area contributed by atoms with Crippen LogP contribution in [-0.4, -0.2) is 38.1 Å². The third-order valence-electron chi connectivity index (χ3n) is 3.73. The number of piperidine rings is 1. The van der Waals surface area contributed by atoms with Crippen LogP contribution in [0.15, 0.2) is 18.2 Å². The summed E-state index contributed by atoms with van der Waals surface area (Å²) in [6, 6.07) is 6.96. The molecule has 0 aliphatic carbocycles. The van der Waals surface area contributed by atoms with Gasteiger partial charge in [-0.1, -0.05) is 0 Å². The van der Waals surface area contributed by atoms with Gasteiger partial charge in [0.2, 0.25) is 0 Å². The maximum atomic E-state index is 5.91. The number of nitrogens with zero attached hydrogens (tertiary/aromatic N) is 2. The van der Waals surface area contributed by atoms with Crippen molar-refractivity contribution in [2.24, 2.45) is 0 Å². The van der Waals surface area contributed by atoms with Crippen LogP contribution >= 0.6 is 0 Å². The van der Waals surface area contributed by atoms with Gasteiger partial charge in [-0.15, -0.1) is 0 Å². The first-order valence-electron chi connectivity index (χ1n) is 6.35. The van der Waals surface area contributed by atoms with E-state index in [-0.39, 0.29) is 0 Å². The van der Waals surface area contributed by atoms with E-state index >= 15 is 0 Å². The second-order valence-electron chi connectivity index (χ2n) is 5.25. The molecule has 0 radical (unpaired) electrons. The predicted octanol–water partition coefficient (Wildman–Crippen LogP) is 2.11. The lowest BCUT2D eigenvalue weighted by Gasteiger charge is -2.36. The summed E-state index contributed by atoms with van der Waals surface area (Å²) in [5.41, 5.74) is 9.26. The van der Waals surface area contributed by atoms with Crippen molar-refractivity contribution in [3.63, 3.8) is 0 Å². The molecule has 1 aromatic carbocycles. The molecule has 94 valence electrons. The summed E-state index contributed by atoms with van der Waals surface area (Å²) in [7, 11) is 4.38. The average molecular weight is 233 g/mol. The molecule has 1 saturated heterocycles. The summed E-state index contributed by atoms with van der Waals surface area (Å²) in [5, 5.41) is 0. The van der Waals surface area contributed by atoms with Gasteiger partial charge >= 0.3 is 0 Å². The van der Waals surface area contributed by atoms with E-state index in [0.717, 1.165) is 5.69 Å². The number of aryl methyl sites for hydroxylation is 1. The first-order chi connectivity index (χ1) is 8.06. The molecule has 0 unspecified atom stereocenters. The molecule has 0 saturated carbocycles. The quantitative estimate of drug-likeness (QED) is 0.794. The van der Waals surface area contributed by atoms with Gasteiger partial charge < -0.3 is 15.5 Å². The Labute approximate surface area is 104 Å². The second kappa shape index (κ2) is 4.96. The molecule has 0 bridgehead atoms. The van der Waals surface area contributed by atoms with Crippen molar-refractivity contribution in [1.82, 2.24) is 4.90 Å². The number of nitrogens with two attached hydrogens (primary N) is 1. The van der Waals surface area contributed by atoms with Crippen LogP contribution in [0.3, 0.4) is 0 Å². The van der Waals surface area contributed by atoms with Gasteiger partial charge in [-0.2, -0.15) is 0 Å². The molecule has 1 aliphatic heterocycles. The number of benzene rings is 1. The number of likely N-dealkylation sites (tertiary alicyclic amines) is 1. The Hall–Kier alpha value is -1.22. The molecule has 1 aliphatic rings. The zero-order valence-electron chi connectivity index (χ0n) is 11.1. The first-order valence-corrected chi connectivity index (χ1v) is 6.35. The number of hydrogen-bond acceptors (Lipinski definition) is 3. The molecule has 17 heavy (non-hydrogen) atoms. The predicted molar refractivity (Wildman–Crippen MR) is 74.5 cm³/mol. The van der Waals surface area contributed by atoms with E-state index in [1.165, 1.54) is 37.2 Å². The highest BCUT2D eigenvalue weighted by atomic mass is 15.2. The van der Waals surface area contributed by atoms with Crippen molar-refractivity contribution in [3.05, 3.63) is 23.8 Å². The Kier molecular flexibility index (Phi) is 3.57. The molecular weight excluding hydrogens is 210 g/mol. The lowest BCUT2D eigenvalue weighted by atomic mass is 10.0. The van der Waals surface area contributed by atoms with Gasteiger partial charge in [0.15, 0.2) is 0 Å². The fourth-order valence-electron chi connectivity index (χ4n) is 2.59. The van der Waals surface area contributed by atoms with Crippen molar-refractivity contribution in [2.75, 3.05) is 37.8 Å². The Balaban J connectivity index is 2.10. The Morgan fingerprint density at radius 1 is 1.24 bits per heavy atom. The molecule has 3 nitrogen and oxygen atoms in total. The molecule has 0 amide bonds. The van der Waals surface area contributed by atoms with Crippen molar-refractivity contribution < 1.29 is 0 Å². The summed E-state index contributed by atoms with van der Waals surface area (Å²) in [5.74, 6) is 0. The van der Waals surface area contributed by atoms with E-state index in [0.29, 0.717) is 6.04 Å². The molecule has 0 spiro atoms. The van der Waals surface area contributed by atoms with Gasteiger partial charge in [-0.3, -0.25) is 0 Å². The van der Waals surface area contributed by atoms with E-state index in [9.17, 15) is 0 Å². The van der Waals surface area contributed by atoms with Crippen LogP contribution in [0.5, 0.6) is 0 Å². The van der Waals surface area contributed by atoms with E-state index in [2.05, 4.69) is 43.0 Å². The lowest BCUT2D eigenvalue weighted by Crippen LogP contribution is -2.42. The van der Waals surface area contributed by atoms with Crippen LogP contribution < -0.4 is 10.6 Å². The van der Waals surface area contributed by atoms with Crippen LogP contribution in [0.1, 0.15) is 18.4 Å². The van der Waals surface area contributed by atoms with Gasteiger partial charge in [-0.25, -0.2) is 0 Å². The standard InChI is InChI=1S/C14H23N3/c1-11-8-12(15)10-14(9-11)17(3)13-4-6-16(2)7-5-13/h8-10,13H,4-7,15H2,1-3H3. The van der Waals surface area contributed by atoms with Gasteiger partial charge in [0.25, 0.3) is 0 Å². The smallest absolute Gasteiger partial charge is 0.0389 e. The van der Waals surface area contributed by atoms with Crippen molar-refractivity contribution in [1.29, 1.82) is 0 Å². The fourth-order valence-corrected chi connectivity index (χ4v) is 2.59. The minimum atomic E-state index is 0.646. The number of nitrogen functional groups attached to an aromatic ring is 1. The second-order valence-corrected chi connectivity index (χ2v) is 5.25. The molecule has 1 heterocycles. The van der Waals surface area contributed by atoms with E-state index < -0.39 is 0 Å². The molecule has 2 N–H and O–H groups in total. The minimum Gasteiger partial charge on any atom is -0.399 e. The Bertz CT molecular complexity index is 361. The van der Waals surface area contributed by atoms with Crippen molar-refractivity contribution in [2.45, 2.75) is 25.8 Å². The molecule has 0 atom stereocenters. The number of hydrogen-bond donors (Lipinski definition) is 1. The SMILES string of the molecule is Cc1cc(N)cc(N(C)C2CCN(C)CC2)c1. The van der Waals surface area contributed by atoms with Gasteiger partial charge in [-0.05, 0) is 63.7 Å². The van der Waals surface area contributed by atoms with Crippen LogP contribution in [-0.2, 0) is 0 Å². The number of anilines is 2. The summed E-state index contributed by atoms with van der Waals surface area (Å²) in [4.78, 5) is 4.78. The highest BCUT2D eigenvalue weighted by molar-refractivity contribution is 5.58. The summed E-state index contributed by atoms with van der Waals surface area (Å²) in [6.45, 7) is 4.48. The topological polar surface area (TPSA) is 32.5 Å². The summed E-state index contributed by atoms with van der Waals surface area (Å²) in [6.07, 6.45) is 2.47. The van der Waals surface area contributed by atoms with Crippen LogP contribution in [0.25, 0.3) is 0 Å². The number of rotatable bonds is 2. The van der Waals surface area contributed by atoms with Gasteiger partial charge in [0.05, 0.1) is 0 Å². The summed E-state index contributed by atoms with van der Waals surface area (Å²) >= 11 is 0. The van der Waals surface area contributed by atoms with Crippen molar-refractivity contribution >= 4 is 11.4 Å². The summed E-state index contributed by atoms with van der Waals surface area (Å²) < 4.78 is 0. The average Bonchev–Trinajstić information content (AvgIpc) is 2.28. The third-order valence-corrected chi connectivity index (χ3v) is 3.73. The molecule has 1 fully saturated rings. The molecule has 3 heteroatoms. The van der Waals surface area contributed by atoms with E-state index in [1.807, 2.05) is 6.07 Å². The van der Waals surface area contributed by atoms with E-state index in [1.54, 1.807) is 0 Å². The highest BCUT2D eigenvalue weighted by Gasteiger charge is 2.20. The van der Waals surface area contributed by atoms with Gasteiger partial charge in [0.1, 0.15) is 0 Å². The zero-order valence-corrected chi connectivity index (χ0v) is 11.1. The monoisotopic (exact) mass is 233 g/mol. The minimum absolute atomic E-state index is 0.646. The Morgan fingerprint density at radius 3 is 2.47 bits per heavy atom. The molecular formula is C14H23N3. The highest BCUT2D eigenvalue weighted by Crippen LogP contribution is 2.24. The third kappa shape index (κ3) is 2.91. The molecule has 0 aromatic heterocycles. The molecule has 1 aromatic rings. The van der Waals surface area contributed by atoms with Crippen LogP contribution in [0, 0.1) is 6.92 Å². The van der Waals surface area contributed by atoms with Gasteiger partial charge in [0, 0.05) is 24.5 Å². The zero-order chi connectivity index (χ0) is 12.4. The fraction of sp³-hybridized carbons (Fsp3) is 0.571. The van der Waals surface area contributed by atoms with Crippen molar-refractivity contribution in [3.8, 4) is 0 Å². The molecule has 2 rings (SSSR count). The van der Waals surface area contributed by atoms with E-state index in [4.69, 9.17) is 5.73 Å².